The van der Waals surface area contributed by atoms with Crippen LogP contribution in [0.3, 0.4) is 0 Å². The van der Waals surface area contributed by atoms with Gasteiger partial charge in [0.15, 0.2) is 5.82 Å². The summed E-state index contributed by atoms with van der Waals surface area (Å²) < 4.78 is 0.840. The Labute approximate surface area is 107 Å². The number of anilines is 1. The van der Waals surface area contributed by atoms with E-state index in [9.17, 15) is 4.79 Å². The Morgan fingerprint density at radius 1 is 1.47 bits per heavy atom. The van der Waals surface area contributed by atoms with Gasteiger partial charge in [0.05, 0.1) is 0 Å². The first kappa shape index (κ1) is 11.9. The maximum absolute atomic E-state index is 11.8. The molecule has 5 nitrogen and oxygen atoms in total. The van der Waals surface area contributed by atoms with E-state index in [4.69, 9.17) is 0 Å². The molecule has 0 unspecified atom stereocenters. The number of amides is 1. The molecule has 0 aromatic carbocycles. The molecule has 2 aromatic rings. The lowest BCUT2D eigenvalue weighted by Gasteiger charge is -1.98. The third kappa shape index (κ3) is 2.76. The Bertz CT molecular complexity index is 529. The lowest BCUT2D eigenvalue weighted by atomic mass is 10.1. The molecule has 1 amide bonds. The molecule has 17 heavy (non-hydrogen) atoms. The average molecular weight is 297 g/mol. The second kappa shape index (κ2) is 4.75. The van der Waals surface area contributed by atoms with Gasteiger partial charge in [-0.1, -0.05) is 13.8 Å². The van der Waals surface area contributed by atoms with Crippen molar-refractivity contribution in [2.45, 2.75) is 19.8 Å². The maximum atomic E-state index is 11.8. The Kier molecular flexibility index (Phi) is 3.33. The van der Waals surface area contributed by atoms with Crippen molar-refractivity contribution in [2.75, 3.05) is 5.32 Å². The van der Waals surface area contributed by atoms with Crippen LogP contribution < -0.4 is 5.32 Å². The summed E-state index contributed by atoms with van der Waals surface area (Å²) in [5.74, 6) is 0.676. The number of H-pyrrole nitrogens is 2. The zero-order valence-electron chi connectivity index (χ0n) is 9.54. The molecule has 0 atom stereocenters. The van der Waals surface area contributed by atoms with Gasteiger partial charge in [-0.15, -0.1) is 0 Å². The molecule has 0 spiro atoms. The SMILES string of the molecule is CC(C)c1cc(NC(=O)c2cc(Br)c[nH]2)n[nH]1. The van der Waals surface area contributed by atoms with Crippen molar-refractivity contribution < 1.29 is 4.79 Å². The maximum Gasteiger partial charge on any atom is 0.273 e. The van der Waals surface area contributed by atoms with Crippen molar-refractivity contribution in [3.8, 4) is 0 Å². The minimum Gasteiger partial charge on any atom is -0.356 e. The van der Waals surface area contributed by atoms with Crippen molar-refractivity contribution >= 4 is 27.7 Å². The summed E-state index contributed by atoms with van der Waals surface area (Å²) in [4.78, 5) is 14.6. The third-order valence-corrected chi connectivity index (χ3v) is 2.81. The van der Waals surface area contributed by atoms with E-state index in [0.29, 0.717) is 17.4 Å². The fourth-order valence-electron chi connectivity index (χ4n) is 1.38. The van der Waals surface area contributed by atoms with Gasteiger partial charge in [-0.3, -0.25) is 9.89 Å². The molecule has 0 aliphatic rings. The van der Waals surface area contributed by atoms with Crippen LogP contribution >= 0.6 is 15.9 Å². The molecule has 2 rings (SSSR count). The number of carbonyl (C=O) groups is 1. The lowest BCUT2D eigenvalue weighted by molar-refractivity contribution is 0.102. The largest absolute Gasteiger partial charge is 0.356 e. The summed E-state index contributed by atoms with van der Waals surface area (Å²) in [5.41, 5.74) is 1.49. The van der Waals surface area contributed by atoms with Gasteiger partial charge in [0, 0.05) is 22.4 Å². The van der Waals surface area contributed by atoms with E-state index in [0.717, 1.165) is 10.2 Å². The predicted molar refractivity (Wildman–Crippen MR) is 69.1 cm³/mol. The fraction of sp³-hybridized carbons (Fsp3) is 0.273. The summed E-state index contributed by atoms with van der Waals surface area (Å²) in [7, 11) is 0. The molecule has 0 fully saturated rings. The Morgan fingerprint density at radius 2 is 2.24 bits per heavy atom. The first-order valence-corrected chi connectivity index (χ1v) is 6.06. The van der Waals surface area contributed by atoms with Gasteiger partial charge in [-0.2, -0.15) is 5.10 Å². The van der Waals surface area contributed by atoms with Gasteiger partial charge < -0.3 is 10.3 Å². The van der Waals surface area contributed by atoms with Crippen LogP contribution in [0.1, 0.15) is 35.9 Å². The Balaban J connectivity index is 2.07. The molecule has 90 valence electrons. The van der Waals surface area contributed by atoms with Crippen molar-refractivity contribution in [3.05, 3.63) is 34.2 Å². The standard InChI is InChI=1S/C11H13BrN4O/c1-6(2)8-4-10(16-15-8)14-11(17)9-3-7(12)5-13-9/h3-6,13H,1-2H3,(H2,14,15,16,17). The molecule has 2 aromatic heterocycles. The summed E-state index contributed by atoms with van der Waals surface area (Å²) in [5, 5.41) is 9.62. The van der Waals surface area contributed by atoms with Gasteiger partial charge in [0.2, 0.25) is 0 Å². The van der Waals surface area contributed by atoms with Crippen LogP contribution in [0, 0.1) is 0 Å². The first-order valence-electron chi connectivity index (χ1n) is 5.27. The van der Waals surface area contributed by atoms with Crippen molar-refractivity contribution in [2.24, 2.45) is 0 Å². The van der Waals surface area contributed by atoms with Crippen LogP contribution in [0.5, 0.6) is 0 Å². The number of rotatable bonds is 3. The van der Waals surface area contributed by atoms with Crippen molar-refractivity contribution in [3.63, 3.8) is 0 Å². The van der Waals surface area contributed by atoms with E-state index in [2.05, 4.69) is 50.3 Å². The van der Waals surface area contributed by atoms with E-state index >= 15 is 0 Å². The summed E-state index contributed by atoms with van der Waals surface area (Å²) in [6, 6.07) is 3.55. The summed E-state index contributed by atoms with van der Waals surface area (Å²) >= 11 is 3.28. The zero-order valence-corrected chi connectivity index (χ0v) is 11.1. The molecule has 0 saturated carbocycles. The Hall–Kier alpha value is -1.56. The van der Waals surface area contributed by atoms with E-state index < -0.39 is 0 Å². The van der Waals surface area contributed by atoms with Crippen LogP contribution in [0.4, 0.5) is 5.82 Å². The molecule has 0 radical (unpaired) electrons. The van der Waals surface area contributed by atoms with Gasteiger partial charge >= 0.3 is 0 Å². The first-order chi connectivity index (χ1) is 8.06. The van der Waals surface area contributed by atoms with Crippen LogP contribution in [-0.2, 0) is 0 Å². The highest BCUT2D eigenvalue weighted by Gasteiger charge is 2.11. The summed E-state index contributed by atoms with van der Waals surface area (Å²) in [6.07, 6.45) is 1.71. The third-order valence-electron chi connectivity index (χ3n) is 2.35. The highest BCUT2D eigenvalue weighted by Crippen LogP contribution is 2.16. The monoisotopic (exact) mass is 296 g/mol. The minimum absolute atomic E-state index is 0.211. The van der Waals surface area contributed by atoms with Crippen LogP contribution in [0.25, 0.3) is 0 Å². The molecule has 0 aliphatic carbocycles. The van der Waals surface area contributed by atoms with Crippen LogP contribution in [-0.4, -0.2) is 21.1 Å². The molecule has 6 heteroatoms. The van der Waals surface area contributed by atoms with Crippen LogP contribution in [0.15, 0.2) is 22.8 Å². The Morgan fingerprint density at radius 3 is 2.76 bits per heavy atom. The molecule has 2 heterocycles. The van der Waals surface area contributed by atoms with Crippen molar-refractivity contribution in [1.82, 2.24) is 15.2 Å². The number of carbonyl (C=O) groups excluding carboxylic acids is 1. The number of aromatic nitrogens is 3. The number of aromatic amines is 2. The second-order valence-corrected chi connectivity index (χ2v) is 4.96. The average Bonchev–Trinajstić information content (AvgIpc) is 2.86. The van der Waals surface area contributed by atoms with E-state index in [-0.39, 0.29) is 5.91 Å². The minimum atomic E-state index is -0.211. The quantitative estimate of drug-likeness (QED) is 0.815. The molecule has 0 saturated heterocycles. The zero-order chi connectivity index (χ0) is 12.4. The van der Waals surface area contributed by atoms with Gasteiger partial charge in [0.25, 0.3) is 5.91 Å². The van der Waals surface area contributed by atoms with Crippen LogP contribution in [0.2, 0.25) is 0 Å². The molecular weight excluding hydrogens is 284 g/mol. The normalized spacial score (nSPS) is 10.8. The smallest absolute Gasteiger partial charge is 0.273 e. The van der Waals surface area contributed by atoms with Crippen molar-refractivity contribution in [1.29, 1.82) is 0 Å². The number of nitrogens with zero attached hydrogens (tertiary/aromatic N) is 1. The molecule has 0 aliphatic heterocycles. The molecular formula is C11H13BrN4O. The number of hydrogen-bond acceptors (Lipinski definition) is 2. The lowest BCUT2D eigenvalue weighted by Crippen LogP contribution is -2.12. The highest BCUT2D eigenvalue weighted by atomic mass is 79.9. The highest BCUT2D eigenvalue weighted by molar-refractivity contribution is 9.10. The number of hydrogen-bond donors (Lipinski definition) is 3. The summed E-state index contributed by atoms with van der Waals surface area (Å²) in [6.45, 7) is 4.11. The fourth-order valence-corrected chi connectivity index (χ4v) is 1.72. The van der Waals surface area contributed by atoms with Gasteiger partial charge in [-0.25, -0.2) is 0 Å². The number of nitrogens with one attached hydrogen (secondary N) is 3. The van der Waals surface area contributed by atoms with E-state index in [1.54, 1.807) is 12.3 Å². The van der Waals surface area contributed by atoms with E-state index in [1.165, 1.54) is 0 Å². The van der Waals surface area contributed by atoms with Gasteiger partial charge in [-0.05, 0) is 27.9 Å². The van der Waals surface area contributed by atoms with E-state index in [1.807, 2.05) is 6.07 Å². The second-order valence-electron chi connectivity index (χ2n) is 4.05. The van der Waals surface area contributed by atoms with Gasteiger partial charge in [0.1, 0.15) is 5.69 Å². The number of halogens is 1. The topological polar surface area (TPSA) is 73.6 Å². The molecule has 3 N–H and O–H groups in total. The predicted octanol–water partition coefficient (Wildman–Crippen LogP) is 2.88. The molecule has 0 bridgehead atoms.